The second kappa shape index (κ2) is 4.35. The van der Waals surface area contributed by atoms with Crippen molar-refractivity contribution in [2.45, 2.75) is 45.7 Å². The topological polar surface area (TPSA) is 29.9 Å². The van der Waals surface area contributed by atoms with Crippen molar-refractivity contribution in [3.8, 4) is 0 Å². The first-order valence-corrected chi connectivity index (χ1v) is 5.99. The lowest BCUT2D eigenvalue weighted by Crippen LogP contribution is -2.17. The maximum absolute atomic E-state index is 4.44. The summed E-state index contributed by atoms with van der Waals surface area (Å²) in [7, 11) is 1.99. The molecule has 0 spiro atoms. The predicted molar refractivity (Wildman–Crippen MR) is 61.6 cm³/mol. The Morgan fingerprint density at radius 1 is 1.53 bits per heavy atom. The third-order valence-corrected chi connectivity index (χ3v) is 3.33. The van der Waals surface area contributed by atoms with Crippen LogP contribution in [0.1, 0.15) is 37.9 Å². The van der Waals surface area contributed by atoms with E-state index in [4.69, 9.17) is 0 Å². The highest BCUT2D eigenvalue weighted by Crippen LogP contribution is 2.33. The summed E-state index contributed by atoms with van der Waals surface area (Å²) < 4.78 is 1.92. The molecule has 1 fully saturated rings. The zero-order valence-electron chi connectivity index (χ0n) is 9.95. The van der Waals surface area contributed by atoms with Gasteiger partial charge in [0.05, 0.1) is 5.69 Å². The molecule has 1 N–H and O–H groups in total. The van der Waals surface area contributed by atoms with Gasteiger partial charge in [-0.05, 0) is 18.8 Å². The average molecular weight is 207 g/mol. The molecule has 1 saturated carbocycles. The van der Waals surface area contributed by atoms with E-state index in [1.165, 1.54) is 24.1 Å². The summed E-state index contributed by atoms with van der Waals surface area (Å²) in [6.07, 6.45) is 5.83. The van der Waals surface area contributed by atoms with Crippen LogP contribution in [0.25, 0.3) is 0 Å². The summed E-state index contributed by atoms with van der Waals surface area (Å²) in [6, 6.07) is 0.764. The lowest BCUT2D eigenvalue weighted by molar-refractivity contribution is 0.621. The van der Waals surface area contributed by atoms with E-state index in [-0.39, 0.29) is 0 Å². The molecule has 1 aliphatic rings. The van der Waals surface area contributed by atoms with E-state index in [1.807, 2.05) is 11.7 Å². The molecule has 2 atom stereocenters. The van der Waals surface area contributed by atoms with Gasteiger partial charge in [-0.1, -0.05) is 20.3 Å². The minimum Gasteiger partial charge on any atom is -0.310 e. The maximum atomic E-state index is 4.44. The number of rotatable bonds is 5. The van der Waals surface area contributed by atoms with Crippen molar-refractivity contribution in [1.29, 1.82) is 0 Å². The fourth-order valence-corrected chi connectivity index (χ4v) is 2.22. The fraction of sp³-hybridized carbons (Fsp3) is 0.750. The van der Waals surface area contributed by atoms with Crippen LogP contribution in [0, 0.1) is 5.92 Å². The zero-order valence-corrected chi connectivity index (χ0v) is 9.95. The summed E-state index contributed by atoms with van der Waals surface area (Å²) in [5.41, 5.74) is 2.60. The molecule has 0 radical (unpaired) electrons. The molecule has 0 saturated heterocycles. The first kappa shape index (κ1) is 10.7. The van der Waals surface area contributed by atoms with Gasteiger partial charge in [0.15, 0.2) is 0 Å². The largest absolute Gasteiger partial charge is 0.310 e. The van der Waals surface area contributed by atoms with Gasteiger partial charge < -0.3 is 5.32 Å². The number of hydrogen-bond acceptors (Lipinski definition) is 2. The number of nitrogens with one attached hydrogen (secondary N) is 1. The van der Waals surface area contributed by atoms with Crippen LogP contribution in [-0.2, 0) is 20.0 Å². The Hall–Kier alpha value is -0.830. The lowest BCUT2D eigenvalue weighted by Gasteiger charge is -2.02. The Bertz CT molecular complexity index is 330. The number of aryl methyl sites for hydroxylation is 2. The van der Waals surface area contributed by atoms with Crippen molar-refractivity contribution in [1.82, 2.24) is 15.1 Å². The van der Waals surface area contributed by atoms with Gasteiger partial charge in [-0.25, -0.2) is 0 Å². The van der Waals surface area contributed by atoms with Crippen LogP contribution in [0.4, 0.5) is 0 Å². The molecule has 2 rings (SSSR count). The van der Waals surface area contributed by atoms with Gasteiger partial charge in [0.25, 0.3) is 0 Å². The quantitative estimate of drug-likeness (QED) is 0.799. The summed E-state index contributed by atoms with van der Waals surface area (Å²) in [5, 5.41) is 8.05. The smallest absolute Gasteiger partial charge is 0.0666 e. The molecular formula is C12H21N3. The van der Waals surface area contributed by atoms with Crippen molar-refractivity contribution in [3.63, 3.8) is 0 Å². The van der Waals surface area contributed by atoms with Crippen LogP contribution >= 0.6 is 0 Å². The molecule has 0 aromatic carbocycles. The highest BCUT2D eigenvalue weighted by Gasteiger charge is 2.34. The lowest BCUT2D eigenvalue weighted by atomic mass is 10.2. The predicted octanol–water partition coefficient (Wildman–Crippen LogP) is 1.87. The SMILES string of the molecule is CCc1nn(C)cc1CNC1CC1CC. The van der Waals surface area contributed by atoms with E-state index in [9.17, 15) is 0 Å². The first-order chi connectivity index (χ1) is 7.24. The van der Waals surface area contributed by atoms with Gasteiger partial charge in [-0.3, -0.25) is 4.68 Å². The van der Waals surface area contributed by atoms with Crippen molar-refractivity contribution in [2.75, 3.05) is 0 Å². The molecule has 84 valence electrons. The van der Waals surface area contributed by atoms with E-state index in [0.717, 1.165) is 24.9 Å². The second-order valence-corrected chi connectivity index (χ2v) is 4.52. The third-order valence-electron chi connectivity index (χ3n) is 3.33. The van der Waals surface area contributed by atoms with Gasteiger partial charge >= 0.3 is 0 Å². The van der Waals surface area contributed by atoms with Crippen molar-refractivity contribution >= 4 is 0 Å². The van der Waals surface area contributed by atoms with Crippen LogP contribution < -0.4 is 5.32 Å². The first-order valence-electron chi connectivity index (χ1n) is 5.99. The molecule has 0 aliphatic heterocycles. The molecule has 1 aromatic heterocycles. The Balaban J connectivity index is 1.87. The fourth-order valence-electron chi connectivity index (χ4n) is 2.22. The summed E-state index contributed by atoms with van der Waals surface area (Å²) in [4.78, 5) is 0. The van der Waals surface area contributed by atoms with Crippen LogP contribution in [0.15, 0.2) is 6.20 Å². The Morgan fingerprint density at radius 3 is 2.93 bits per heavy atom. The van der Waals surface area contributed by atoms with Crippen LogP contribution in [0.3, 0.4) is 0 Å². The van der Waals surface area contributed by atoms with E-state index in [2.05, 4.69) is 30.5 Å². The Morgan fingerprint density at radius 2 is 2.33 bits per heavy atom. The Kier molecular flexibility index (Phi) is 3.10. The van der Waals surface area contributed by atoms with Gasteiger partial charge in [0, 0.05) is 31.4 Å². The maximum Gasteiger partial charge on any atom is 0.0666 e. The van der Waals surface area contributed by atoms with Gasteiger partial charge in [-0.15, -0.1) is 0 Å². The molecule has 1 aromatic rings. The van der Waals surface area contributed by atoms with Crippen LogP contribution in [0.5, 0.6) is 0 Å². The average Bonchev–Trinajstić information content (AvgIpc) is 2.91. The standard InChI is InChI=1S/C12H21N3/c1-4-9-6-12(9)13-7-10-8-15(3)14-11(10)5-2/h8-9,12-13H,4-7H2,1-3H3. The molecule has 1 aliphatic carbocycles. The molecule has 1 heterocycles. The molecule has 3 nitrogen and oxygen atoms in total. The number of hydrogen-bond donors (Lipinski definition) is 1. The van der Waals surface area contributed by atoms with Crippen molar-refractivity contribution in [2.24, 2.45) is 13.0 Å². The number of aromatic nitrogens is 2. The van der Waals surface area contributed by atoms with Crippen molar-refractivity contribution in [3.05, 3.63) is 17.5 Å². The van der Waals surface area contributed by atoms with E-state index in [0.29, 0.717) is 0 Å². The van der Waals surface area contributed by atoms with Gasteiger partial charge in [-0.2, -0.15) is 5.10 Å². The van der Waals surface area contributed by atoms with Gasteiger partial charge in [0.2, 0.25) is 0 Å². The molecule has 15 heavy (non-hydrogen) atoms. The van der Waals surface area contributed by atoms with E-state index in [1.54, 1.807) is 0 Å². The summed E-state index contributed by atoms with van der Waals surface area (Å²) >= 11 is 0. The zero-order chi connectivity index (χ0) is 10.8. The monoisotopic (exact) mass is 207 g/mol. The minimum atomic E-state index is 0.764. The second-order valence-electron chi connectivity index (χ2n) is 4.52. The highest BCUT2D eigenvalue weighted by atomic mass is 15.3. The molecular weight excluding hydrogens is 186 g/mol. The third kappa shape index (κ3) is 2.40. The van der Waals surface area contributed by atoms with Crippen molar-refractivity contribution < 1.29 is 0 Å². The van der Waals surface area contributed by atoms with E-state index >= 15 is 0 Å². The molecule has 0 amide bonds. The number of nitrogens with zero attached hydrogens (tertiary/aromatic N) is 2. The minimum absolute atomic E-state index is 0.764. The van der Waals surface area contributed by atoms with Gasteiger partial charge in [0.1, 0.15) is 0 Å². The summed E-state index contributed by atoms with van der Waals surface area (Å²) in [6.45, 7) is 5.42. The molecule has 2 unspecified atom stereocenters. The molecule has 0 bridgehead atoms. The summed E-state index contributed by atoms with van der Waals surface area (Å²) in [5.74, 6) is 0.923. The van der Waals surface area contributed by atoms with E-state index < -0.39 is 0 Å². The normalized spacial score (nSPS) is 24.5. The van der Waals surface area contributed by atoms with Crippen LogP contribution in [-0.4, -0.2) is 15.8 Å². The molecule has 3 heteroatoms. The Labute approximate surface area is 91.9 Å². The highest BCUT2D eigenvalue weighted by molar-refractivity contribution is 5.17. The van der Waals surface area contributed by atoms with Crippen LogP contribution in [0.2, 0.25) is 0 Å².